The second-order valence-corrected chi connectivity index (χ2v) is 5.19. The molecule has 21 heavy (non-hydrogen) atoms. The molecule has 1 heterocycles. The zero-order chi connectivity index (χ0) is 15.4. The molecule has 0 unspecified atom stereocenters. The molecule has 1 aromatic carbocycles. The minimum absolute atomic E-state index is 0.162. The van der Waals surface area contributed by atoms with E-state index in [2.05, 4.69) is 24.3 Å². The second-order valence-electron chi connectivity index (χ2n) is 5.19. The highest BCUT2D eigenvalue weighted by atomic mass is 19.1. The van der Waals surface area contributed by atoms with Gasteiger partial charge in [-0.2, -0.15) is 5.10 Å². The Labute approximate surface area is 124 Å². The minimum Gasteiger partial charge on any atom is -0.377 e. The van der Waals surface area contributed by atoms with Crippen molar-refractivity contribution in [3.05, 3.63) is 47.3 Å². The third-order valence-corrected chi connectivity index (χ3v) is 3.69. The Morgan fingerprint density at radius 3 is 2.57 bits per heavy atom. The minimum atomic E-state index is -0.451. The zero-order valence-electron chi connectivity index (χ0n) is 12.7. The Balaban J connectivity index is 2.05. The highest BCUT2D eigenvalue weighted by Crippen LogP contribution is 2.20. The monoisotopic (exact) mass is 293 g/mol. The molecule has 2 aromatic rings. The summed E-state index contributed by atoms with van der Waals surface area (Å²) in [5, 5.41) is 7.37. The maximum absolute atomic E-state index is 13.7. The average molecular weight is 293 g/mol. The number of hydrogen-bond acceptors (Lipinski definition) is 2. The fourth-order valence-corrected chi connectivity index (χ4v) is 2.31. The van der Waals surface area contributed by atoms with Gasteiger partial charge in [-0.1, -0.05) is 13.8 Å². The highest BCUT2D eigenvalue weighted by molar-refractivity contribution is 5.47. The van der Waals surface area contributed by atoms with Crippen molar-refractivity contribution in [3.8, 4) is 0 Å². The van der Waals surface area contributed by atoms with Crippen molar-refractivity contribution in [1.29, 1.82) is 0 Å². The van der Waals surface area contributed by atoms with Gasteiger partial charge in [-0.25, -0.2) is 8.78 Å². The normalized spacial score (nSPS) is 11.1. The molecule has 0 bridgehead atoms. The number of aryl methyl sites for hydroxylation is 1. The fraction of sp³-hybridized carbons (Fsp3) is 0.438. The van der Waals surface area contributed by atoms with E-state index >= 15 is 0 Å². The van der Waals surface area contributed by atoms with E-state index in [0.717, 1.165) is 18.5 Å². The Morgan fingerprint density at radius 1 is 1.19 bits per heavy atom. The van der Waals surface area contributed by atoms with Crippen LogP contribution in [0.3, 0.4) is 0 Å². The van der Waals surface area contributed by atoms with Crippen LogP contribution in [-0.4, -0.2) is 9.78 Å². The lowest BCUT2D eigenvalue weighted by molar-refractivity contribution is 0.426. The lowest BCUT2D eigenvalue weighted by Crippen LogP contribution is -2.09. The SMILES string of the molecule is CCC(CC)n1ccc(CNc2cc(F)c(C)cc2F)n1. The van der Waals surface area contributed by atoms with Crippen LogP contribution in [0.2, 0.25) is 0 Å². The third kappa shape index (κ3) is 3.60. The molecule has 3 nitrogen and oxygen atoms in total. The summed E-state index contributed by atoms with van der Waals surface area (Å²) in [7, 11) is 0. The molecule has 1 N–H and O–H groups in total. The molecule has 5 heteroatoms. The van der Waals surface area contributed by atoms with Gasteiger partial charge in [-0.15, -0.1) is 0 Å². The Morgan fingerprint density at radius 2 is 1.90 bits per heavy atom. The van der Waals surface area contributed by atoms with Crippen LogP contribution in [0, 0.1) is 18.6 Å². The quantitative estimate of drug-likeness (QED) is 0.853. The number of aromatic nitrogens is 2. The molecular weight excluding hydrogens is 272 g/mol. The first-order valence-electron chi connectivity index (χ1n) is 7.28. The number of nitrogens with one attached hydrogen (secondary N) is 1. The molecule has 1 aromatic heterocycles. The van der Waals surface area contributed by atoms with Gasteiger partial charge in [0.2, 0.25) is 0 Å². The van der Waals surface area contributed by atoms with Gasteiger partial charge < -0.3 is 5.32 Å². The van der Waals surface area contributed by atoms with Crippen LogP contribution in [0.25, 0.3) is 0 Å². The first-order valence-corrected chi connectivity index (χ1v) is 7.28. The van der Waals surface area contributed by atoms with Crippen molar-refractivity contribution in [2.24, 2.45) is 0 Å². The van der Waals surface area contributed by atoms with Crippen LogP contribution in [0.4, 0.5) is 14.5 Å². The van der Waals surface area contributed by atoms with Crippen molar-refractivity contribution >= 4 is 5.69 Å². The van der Waals surface area contributed by atoms with E-state index < -0.39 is 11.6 Å². The van der Waals surface area contributed by atoms with Crippen molar-refractivity contribution in [3.63, 3.8) is 0 Å². The van der Waals surface area contributed by atoms with Gasteiger partial charge in [0.05, 0.1) is 24.0 Å². The number of nitrogens with zero attached hydrogens (tertiary/aromatic N) is 2. The summed E-state index contributed by atoms with van der Waals surface area (Å²) in [6, 6.07) is 4.66. The van der Waals surface area contributed by atoms with E-state index in [4.69, 9.17) is 0 Å². The second kappa shape index (κ2) is 6.70. The summed E-state index contributed by atoms with van der Waals surface area (Å²) in [5.41, 5.74) is 1.27. The zero-order valence-corrected chi connectivity index (χ0v) is 12.7. The lowest BCUT2D eigenvalue weighted by atomic mass is 10.2. The van der Waals surface area contributed by atoms with Gasteiger partial charge in [0, 0.05) is 12.3 Å². The number of rotatable bonds is 6. The van der Waals surface area contributed by atoms with Crippen molar-refractivity contribution in [2.45, 2.75) is 46.2 Å². The number of benzene rings is 1. The molecule has 0 aliphatic rings. The first kappa shape index (κ1) is 15.5. The van der Waals surface area contributed by atoms with Gasteiger partial charge in [-0.3, -0.25) is 4.68 Å². The van der Waals surface area contributed by atoms with Gasteiger partial charge in [0.1, 0.15) is 11.6 Å². The lowest BCUT2D eigenvalue weighted by Gasteiger charge is -2.12. The Kier molecular flexibility index (Phi) is 4.94. The topological polar surface area (TPSA) is 29.9 Å². The van der Waals surface area contributed by atoms with E-state index in [0.29, 0.717) is 18.2 Å². The molecule has 0 amide bonds. The van der Waals surface area contributed by atoms with Gasteiger partial charge in [-0.05, 0) is 37.5 Å². The van der Waals surface area contributed by atoms with Gasteiger partial charge >= 0.3 is 0 Å². The summed E-state index contributed by atoms with van der Waals surface area (Å²) >= 11 is 0. The predicted molar refractivity (Wildman–Crippen MR) is 80.3 cm³/mol. The molecular formula is C16H21F2N3. The average Bonchev–Trinajstić information content (AvgIpc) is 2.91. The number of halogens is 2. The van der Waals surface area contributed by atoms with E-state index in [1.54, 1.807) is 6.92 Å². The van der Waals surface area contributed by atoms with Crippen LogP contribution >= 0.6 is 0 Å². The number of anilines is 1. The van der Waals surface area contributed by atoms with Gasteiger partial charge in [0.15, 0.2) is 0 Å². The molecule has 0 aliphatic carbocycles. The largest absolute Gasteiger partial charge is 0.377 e. The third-order valence-electron chi connectivity index (χ3n) is 3.69. The van der Waals surface area contributed by atoms with Crippen LogP contribution in [0.5, 0.6) is 0 Å². The molecule has 0 atom stereocenters. The first-order chi connectivity index (χ1) is 10.0. The Bertz CT molecular complexity index is 604. The van der Waals surface area contributed by atoms with Gasteiger partial charge in [0.25, 0.3) is 0 Å². The molecule has 0 fully saturated rings. The van der Waals surface area contributed by atoms with Crippen molar-refractivity contribution < 1.29 is 8.78 Å². The van der Waals surface area contributed by atoms with E-state index in [1.807, 2.05) is 16.9 Å². The van der Waals surface area contributed by atoms with E-state index in [-0.39, 0.29) is 5.69 Å². The molecule has 0 aliphatic heterocycles. The standard InChI is InChI=1S/C16H21F2N3/c1-4-13(5-2)21-7-6-12(20-21)10-19-16-9-14(17)11(3)8-15(16)18/h6-9,13,19H,4-5,10H2,1-3H3. The summed E-state index contributed by atoms with van der Waals surface area (Å²) in [6.07, 6.45) is 3.96. The maximum atomic E-state index is 13.7. The molecule has 0 radical (unpaired) electrons. The smallest absolute Gasteiger partial charge is 0.146 e. The maximum Gasteiger partial charge on any atom is 0.146 e. The van der Waals surface area contributed by atoms with Crippen LogP contribution in [-0.2, 0) is 6.54 Å². The van der Waals surface area contributed by atoms with Crippen LogP contribution in [0.1, 0.15) is 44.0 Å². The summed E-state index contributed by atoms with van der Waals surface area (Å²) in [6.45, 7) is 6.16. The predicted octanol–water partition coefficient (Wildman–Crippen LogP) is 4.44. The molecule has 114 valence electrons. The van der Waals surface area contributed by atoms with Crippen molar-refractivity contribution in [2.75, 3.05) is 5.32 Å². The van der Waals surface area contributed by atoms with Crippen LogP contribution in [0.15, 0.2) is 24.4 Å². The molecule has 0 saturated heterocycles. The number of hydrogen-bond donors (Lipinski definition) is 1. The molecule has 2 rings (SSSR count). The summed E-state index contributed by atoms with van der Waals surface area (Å²) in [5.74, 6) is -0.866. The summed E-state index contributed by atoms with van der Waals surface area (Å²) in [4.78, 5) is 0. The molecule has 0 spiro atoms. The molecule has 0 saturated carbocycles. The van der Waals surface area contributed by atoms with E-state index in [1.165, 1.54) is 12.1 Å². The summed E-state index contributed by atoms with van der Waals surface area (Å²) < 4.78 is 29.1. The van der Waals surface area contributed by atoms with Crippen molar-refractivity contribution in [1.82, 2.24) is 9.78 Å². The fourth-order valence-electron chi connectivity index (χ4n) is 2.31. The Hall–Kier alpha value is -1.91. The highest BCUT2D eigenvalue weighted by Gasteiger charge is 2.10. The van der Waals surface area contributed by atoms with E-state index in [9.17, 15) is 8.78 Å². The van der Waals surface area contributed by atoms with Crippen LogP contribution < -0.4 is 5.32 Å².